The number of rotatable bonds is 7. The van der Waals surface area contributed by atoms with Crippen molar-refractivity contribution < 1.29 is 22.7 Å². The lowest BCUT2D eigenvalue weighted by atomic mass is 10.1. The Labute approximate surface area is 179 Å². The first-order valence-corrected chi connectivity index (χ1v) is 10.7. The molecule has 3 rings (SSSR count). The average Bonchev–Trinajstić information content (AvgIpc) is 2.69. The molecule has 0 bridgehead atoms. The molecule has 0 atom stereocenters. The SMILES string of the molecule is COc1ccccc1CC(=O)Nc1ccc(Oc2cccc(Cl)c2)c(S(N)(=O)=O)c1. The number of carbonyl (C=O) groups excluding carboxylic acids is 1. The van der Waals surface area contributed by atoms with Crippen molar-refractivity contribution in [3.05, 3.63) is 77.3 Å². The number of nitrogens with two attached hydrogens (primary N) is 1. The summed E-state index contributed by atoms with van der Waals surface area (Å²) in [6.07, 6.45) is 0.0511. The van der Waals surface area contributed by atoms with Gasteiger partial charge in [0.25, 0.3) is 0 Å². The highest BCUT2D eigenvalue weighted by Crippen LogP contribution is 2.31. The van der Waals surface area contributed by atoms with Gasteiger partial charge in [0.2, 0.25) is 15.9 Å². The molecule has 30 heavy (non-hydrogen) atoms. The van der Waals surface area contributed by atoms with Crippen molar-refractivity contribution in [3.8, 4) is 17.2 Å². The minimum atomic E-state index is -4.12. The van der Waals surface area contributed by atoms with Crippen LogP contribution in [0.4, 0.5) is 5.69 Å². The van der Waals surface area contributed by atoms with E-state index in [4.69, 9.17) is 26.2 Å². The lowest BCUT2D eigenvalue weighted by Gasteiger charge is -2.13. The molecule has 3 N–H and O–H groups in total. The Morgan fingerprint density at radius 2 is 1.80 bits per heavy atom. The summed E-state index contributed by atoms with van der Waals surface area (Å²) in [4.78, 5) is 12.2. The molecular weight excluding hydrogens is 428 g/mol. The first kappa shape index (κ1) is 21.6. The van der Waals surface area contributed by atoms with Crippen LogP contribution < -0.4 is 19.9 Å². The maximum Gasteiger partial charge on any atom is 0.241 e. The second-order valence-corrected chi connectivity index (χ2v) is 8.27. The monoisotopic (exact) mass is 446 g/mol. The number of carbonyl (C=O) groups is 1. The summed E-state index contributed by atoms with van der Waals surface area (Å²) in [6.45, 7) is 0. The van der Waals surface area contributed by atoms with Crippen LogP contribution in [0.5, 0.6) is 17.2 Å². The Hall–Kier alpha value is -3.07. The van der Waals surface area contributed by atoms with Crippen molar-refractivity contribution in [1.82, 2.24) is 0 Å². The predicted octanol–water partition coefficient (Wildman–Crippen LogP) is 3.97. The van der Waals surface area contributed by atoms with E-state index in [2.05, 4.69) is 5.32 Å². The van der Waals surface area contributed by atoms with E-state index in [9.17, 15) is 13.2 Å². The van der Waals surface area contributed by atoms with Crippen molar-refractivity contribution in [2.75, 3.05) is 12.4 Å². The number of ether oxygens (including phenoxy) is 2. The second-order valence-electron chi connectivity index (χ2n) is 6.30. The quantitative estimate of drug-likeness (QED) is 0.571. The van der Waals surface area contributed by atoms with Crippen molar-refractivity contribution in [3.63, 3.8) is 0 Å². The third-order valence-electron chi connectivity index (χ3n) is 4.10. The second kappa shape index (κ2) is 9.17. The molecule has 0 saturated carbocycles. The fourth-order valence-corrected chi connectivity index (χ4v) is 3.64. The van der Waals surface area contributed by atoms with E-state index >= 15 is 0 Å². The van der Waals surface area contributed by atoms with E-state index in [0.717, 1.165) is 0 Å². The van der Waals surface area contributed by atoms with E-state index in [1.54, 1.807) is 42.5 Å². The first-order valence-electron chi connectivity index (χ1n) is 8.78. The predicted molar refractivity (Wildman–Crippen MR) is 115 cm³/mol. The minimum Gasteiger partial charge on any atom is -0.496 e. The van der Waals surface area contributed by atoms with Crippen LogP contribution in [0.15, 0.2) is 71.6 Å². The zero-order chi connectivity index (χ0) is 21.7. The molecule has 0 saturated heterocycles. The van der Waals surface area contributed by atoms with Crippen LogP contribution in [0, 0.1) is 0 Å². The Balaban J connectivity index is 1.83. The molecule has 9 heteroatoms. The first-order chi connectivity index (χ1) is 14.3. The average molecular weight is 447 g/mol. The van der Waals surface area contributed by atoms with E-state index in [1.165, 1.54) is 31.4 Å². The Kier molecular flexibility index (Phi) is 6.61. The molecule has 0 spiro atoms. The molecule has 0 aliphatic heterocycles. The van der Waals surface area contributed by atoms with Gasteiger partial charge in [0.05, 0.1) is 13.5 Å². The normalized spacial score (nSPS) is 11.0. The third kappa shape index (κ3) is 5.50. The molecule has 0 heterocycles. The van der Waals surface area contributed by atoms with Gasteiger partial charge in [0.15, 0.2) is 0 Å². The van der Waals surface area contributed by atoms with Crippen molar-refractivity contribution >= 4 is 33.2 Å². The van der Waals surface area contributed by atoms with Gasteiger partial charge in [0.1, 0.15) is 22.1 Å². The van der Waals surface area contributed by atoms with Gasteiger partial charge in [-0.2, -0.15) is 0 Å². The summed E-state index contributed by atoms with van der Waals surface area (Å²) in [6, 6.07) is 17.8. The minimum absolute atomic E-state index is 0.0162. The molecule has 0 radical (unpaired) electrons. The van der Waals surface area contributed by atoms with E-state index in [1.807, 2.05) is 0 Å². The van der Waals surface area contributed by atoms with Crippen LogP contribution >= 0.6 is 11.6 Å². The van der Waals surface area contributed by atoms with Crippen molar-refractivity contribution in [2.24, 2.45) is 5.14 Å². The molecule has 3 aromatic carbocycles. The van der Waals surface area contributed by atoms with Crippen LogP contribution in [0.3, 0.4) is 0 Å². The van der Waals surface area contributed by atoms with Gasteiger partial charge >= 0.3 is 0 Å². The molecule has 0 aromatic heterocycles. The van der Waals surface area contributed by atoms with Crippen LogP contribution in [-0.2, 0) is 21.2 Å². The summed E-state index contributed by atoms with van der Waals surface area (Å²) in [5.41, 5.74) is 0.961. The Morgan fingerprint density at radius 3 is 2.50 bits per heavy atom. The zero-order valence-electron chi connectivity index (χ0n) is 16.0. The van der Waals surface area contributed by atoms with Gasteiger partial charge in [-0.1, -0.05) is 35.9 Å². The zero-order valence-corrected chi connectivity index (χ0v) is 17.5. The lowest BCUT2D eigenvalue weighted by Crippen LogP contribution is -2.17. The number of amides is 1. The number of methoxy groups -OCH3 is 1. The van der Waals surface area contributed by atoms with E-state index in [-0.39, 0.29) is 28.7 Å². The standard InChI is InChI=1S/C21H19ClN2O5S/c1-28-18-8-3-2-5-14(18)11-21(25)24-16-9-10-19(20(13-16)30(23,26)27)29-17-7-4-6-15(22)12-17/h2-10,12-13H,11H2,1H3,(H,24,25)(H2,23,26,27). The van der Waals surface area contributed by atoms with Crippen molar-refractivity contribution in [1.29, 1.82) is 0 Å². The molecule has 0 aliphatic rings. The number of para-hydroxylation sites is 1. The number of sulfonamides is 1. The molecule has 1 amide bonds. The number of primary sulfonamides is 1. The number of benzene rings is 3. The summed E-state index contributed by atoms with van der Waals surface area (Å²) < 4.78 is 35.0. The fraction of sp³-hybridized carbons (Fsp3) is 0.0952. The molecule has 3 aromatic rings. The van der Waals surface area contributed by atoms with Crippen molar-refractivity contribution in [2.45, 2.75) is 11.3 Å². The van der Waals surface area contributed by atoms with Crippen LogP contribution in [0.1, 0.15) is 5.56 Å². The molecule has 0 unspecified atom stereocenters. The molecule has 156 valence electrons. The smallest absolute Gasteiger partial charge is 0.241 e. The van der Waals surface area contributed by atoms with Gasteiger partial charge in [-0.3, -0.25) is 4.79 Å². The highest BCUT2D eigenvalue weighted by molar-refractivity contribution is 7.89. The van der Waals surface area contributed by atoms with E-state index < -0.39 is 10.0 Å². The maximum absolute atomic E-state index is 12.4. The number of hydrogen-bond acceptors (Lipinski definition) is 5. The number of nitrogens with one attached hydrogen (secondary N) is 1. The highest BCUT2D eigenvalue weighted by Gasteiger charge is 2.18. The maximum atomic E-state index is 12.4. The van der Waals surface area contributed by atoms with Gasteiger partial charge < -0.3 is 14.8 Å². The van der Waals surface area contributed by atoms with Crippen LogP contribution in [-0.4, -0.2) is 21.4 Å². The number of anilines is 1. The Bertz CT molecular complexity index is 1180. The largest absolute Gasteiger partial charge is 0.496 e. The fourth-order valence-electron chi connectivity index (χ4n) is 2.78. The van der Waals surface area contributed by atoms with Gasteiger partial charge in [0, 0.05) is 16.3 Å². The molecular formula is C21H19ClN2O5S. The van der Waals surface area contributed by atoms with Crippen LogP contribution in [0.2, 0.25) is 5.02 Å². The lowest BCUT2D eigenvalue weighted by molar-refractivity contribution is -0.115. The molecule has 0 aliphatic carbocycles. The van der Waals surface area contributed by atoms with E-state index in [0.29, 0.717) is 22.1 Å². The molecule has 0 fully saturated rings. The van der Waals surface area contributed by atoms with Gasteiger partial charge in [-0.25, -0.2) is 13.6 Å². The Morgan fingerprint density at radius 1 is 1.03 bits per heavy atom. The number of halogens is 1. The van der Waals surface area contributed by atoms with Gasteiger partial charge in [-0.15, -0.1) is 0 Å². The van der Waals surface area contributed by atoms with Crippen LogP contribution in [0.25, 0.3) is 0 Å². The summed E-state index contributed by atoms with van der Waals surface area (Å²) in [5.74, 6) is 0.606. The third-order valence-corrected chi connectivity index (χ3v) is 5.27. The summed E-state index contributed by atoms with van der Waals surface area (Å²) in [5, 5.41) is 8.44. The van der Waals surface area contributed by atoms with Gasteiger partial charge in [-0.05, 0) is 42.5 Å². The summed E-state index contributed by atoms with van der Waals surface area (Å²) >= 11 is 5.93. The highest BCUT2D eigenvalue weighted by atomic mass is 35.5. The number of hydrogen-bond donors (Lipinski definition) is 2. The topological polar surface area (TPSA) is 108 Å². The molecule has 7 nitrogen and oxygen atoms in total. The summed E-state index contributed by atoms with van der Waals surface area (Å²) in [7, 11) is -2.60.